The Morgan fingerprint density at radius 2 is 1.93 bits per heavy atom. The lowest BCUT2D eigenvalue weighted by molar-refractivity contribution is 0.0953. The van der Waals surface area contributed by atoms with Crippen LogP contribution >= 0.6 is 11.8 Å². The number of pyridine rings is 1. The van der Waals surface area contributed by atoms with Gasteiger partial charge in [-0.3, -0.25) is 4.79 Å². The second-order valence-electron chi connectivity index (χ2n) is 6.87. The average molecular weight is 380 g/mol. The van der Waals surface area contributed by atoms with Crippen LogP contribution in [0.3, 0.4) is 0 Å². The molecule has 4 nitrogen and oxygen atoms in total. The van der Waals surface area contributed by atoms with Gasteiger partial charge in [-0.1, -0.05) is 38.1 Å². The molecule has 0 aliphatic heterocycles. The van der Waals surface area contributed by atoms with Crippen molar-refractivity contribution in [2.75, 3.05) is 18.1 Å². The quantitative estimate of drug-likeness (QED) is 0.534. The fraction of sp³-hybridized carbons (Fsp3) is 0.273. The molecule has 0 atom stereocenters. The van der Waals surface area contributed by atoms with E-state index >= 15 is 0 Å². The highest BCUT2D eigenvalue weighted by atomic mass is 32.2. The van der Waals surface area contributed by atoms with Gasteiger partial charge in [0.2, 0.25) is 0 Å². The van der Waals surface area contributed by atoms with Crippen LogP contribution in [0.5, 0.6) is 0 Å². The third kappa shape index (κ3) is 5.01. The number of hydrogen-bond acceptors (Lipinski definition) is 4. The molecule has 5 heteroatoms. The molecule has 0 spiro atoms. The van der Waals surface area contributed by atoms with Crippen LogP contribution in [-0.4, -0.2) is 23.7 Å². The van der Waals surface area contributed by atoms with E-state index in [9.17, 15) is 4.79 Å². The van der Waals surface area contributed by atoms with Gasteiger partial charge in [-0.15, -0.1) is 11.8 Å². The van der Waals surface area contributed by atoms with E-state index in [1.54, 1.807) is 11.8 Å². The summed E-state index contributed by atoms with van der Waals surface area (Å²) in [5, 5.41) is 7.23. The Bertz CT molecular complexity index is 940. The molecule has 0 saturated heterocycles. The summed E-state index contributed by atoms with van der Waals surface area (Å²) >= 11 is 1.69. The van der Waals surface area contributed by atoms with Crippen molar-refractivity contribution in [2.24, 2.45) is 5.92 Å². The number of carbonyl (C=O) groups excluding carboxylic acids is 1. The van der Waals surface area contributed by atoms with Gasteiger partial charge in [-0.25, -0.2) is 4.98 Å². The second-order valence-corrected chi connectivity index (χ2v) is 7.75. The van der Waals surface area contributed by atoms with Crippen molar-refractivity contribution in [3.05, 3.63) is 60.2 Å². The minimum Gasteiger partial charge on any atom is -0.352 e. The molecule has 0 saturated carbocycles. The van der Waals surface area contributed by atoms with Gasteiger partial charge < -0.3 is 10.6 Å². The molecule has 2 aromatic carbocycles. The monoisotopic (exact) mass is 379 g/mol. The first-order chi connectivity index (χ1) is 13.1. The van der Waals surface area contributed by atoms with Crippen LogP contribution in [0.2, 0.25) is 0 Å². The normalized spacial score (nSPS) is 11.0. The molecule has 0 aliphatic rings. The summed E-state index contributed by atoms with van der Waals surface area (Å²) in [6, 6.07) is 17.7. The molecule has 3 rings (SSSR count). The minimum atomic E-state index is -0.0600. The molecule has 3 aromatic rings. The van der Waals surface area contributed by atoms with Crippen LogP contribution in [0.4, 0.5) is 11.5 Å². The number of aromatic nitrogens is 1. The average Bonchev–Trinajstić information content (AvgIpc) is 2.67. The molecular weight excluding hydrogens is 354 g/mol. The predicted octanol–water partition coefficient (Wildman–Crippen LogP) is 5.48. The largest absolute Gasteiger partial charge is 0.352 e. The predicted molar refractivity (Wildman–Crippen MR) is 115 cm³/mol. The standard InChI is InChI=1S/C22H25N3OS/c1-15(2)11-12-23-22(26)19-14-21(25-20-10-5-4-9-18(19)20)24-16-7-6-8-17(13-16)27-3/h4-10,13-15H,11-12H2,1-3H3,(H,23,26)(H,24,25). The summed E-state index contributed by atoms with van der Waals surface area (Å²) < 4.78 is 0. The maximum absolute atomic E-state index is 12.8. The van der Waals surface area contributed by atoms with Crippen LogP contribution in [0, 0.1) is 5.92 Å². The van der Waals surface area contributed by atoms with E-state index in [2.05, 4.69) is 41.6 Å². The molecule has 0 bridgehead atoms. The first kappa shape index (κ1) is 19.2. The SMILES string of the molecule is CSc1cccc(Nc2cc(C(=O)NCCC(C)C)c3ccccc3n2)c1. The van der Waals surface area contributed by atoms with Crippen LogP contribution in [0.25, 0.3) is 10.9 Å². The molecule has 0 fully saturated rings. The number of fused-ring (bicyclic) bond motifs is 1. The lowest BCUT2D eigenvalue weighted by Gasteiger charge is -2.13. The smallest absolute Gasteiger partial charge is 0.252 e. The minimum absolute atomic E-state index is 0.0600. The lowest BCUT2D eigenvalue weighted by Crippen LogP contribution is -2.25. The highest BCUT2D eigenvalue weighted by Crippen LogP contribution is 2.25. The molecular formula is C22H25N3OS. The van der Waals surface area contributed by atoms with Gasteiger partial charge in [-0.05, 0) is 48.9 Å². The molecule has 0 radical (unpaired) electrons. The number of nitrogens with one attached hydrogen (secondary N) is 2. The first-order valence-corrected chi connectivity index (χ1v) is 10.4. The van der Waals surface area contributed by atoms with Crippen molar-refractivity contribution in [1.82, 2.24) is 10.3 Å². The lowest BCUT2D eigenvalue weighted by atomic mass is 10.1. The van der Waals surface area contributed by atoms with Gasteiger partial charge >= 0.3 is 0 Å². The fourth-order valence-corrected chi connectivity index (χ4v) is 3.31. The highest BCUT2D eigenvalue weighted by molar-refractivity contribution is 7.98. The Morgan fingerprint density at radius 1 is 1.11 bits per heavy atom. The third-order valence-electron chi connectivity index (χ3n) is 4.31. The number of amides is 1. The van der Waals surface area contributed by atoms with Crippen molar-refractivity contribution < 1.29 is 4.79 Å². The van der Waals surface area contributed by atoms with Gasteiger partial charge in [0, 0.05) is 22.5 Å². The number of benzene rings is 2. The zero-order valence-electron chi connectivity index (χ0n) is 16.0. The highest BCUT2D eigenvalue weighted by Gasteiger charge is 2.13. The fourth-order valence-electron chi connectivity index (χ4n) is 2.85. The van der Waals surface area contributed by atoms with Gasteiger partial charge in [0.1, 0.15) is 5.82 Å². The van der Waals surface area contributed by atoms with E-state index in [4.69, 9.17) is 0 Å². The van der Waals surface area contributed by atoms with E-state index in [1.807, 2.05) is 48.7 Å². The number of thioether (sulfide) groups is 1. The maximum atomic E-state index is 12.8. The molecule has 1 heterocycles. The molecule has 1 aromatic heterocycles. The summed E-state index contributed by atoms with van der Waals surface area (Å²) in [5.74, 6) is 1.16. The first-order valence-electron chi connectivity index (χ1n) is 9.16. The molecule has 0 aliphatic carbocycles. The van der Waals surface area contributed by atoms with E-state index in [1.165, 1.54) is 4.90 Å². The van der Waals surface area contributed by atoms with Crippen LogP contribution in [-0.2, 0) is 0 Å². The Kier molecular flexibility index (Phi) is 6.35. The molecule has 0 unspecified atom stereocenters. The number of para-hydroxylation sites is 1. The van der Waals surface area contributed by atoms with Gasteiger partial charge in [0.05, 0.1) is 11.1 Å². The van der Waals surface area contributed by atoms with Crippen LogP contribution in [0.1, 0.15) is 30.6 Å². The van der Waals surface area contributed by atoms with Gasteiger partial charge in [0.15, 0.2) is 0 Å². The van der Waals surface area contributed by atoms with Crippen LogP contribution < -0.4 is 10.6 Å². The van der Waals surface area contributed by atoms with Gasteiger partial charge in [-0.2, -0.15) is 0 Å². The summed E-state index contributed by atoms with van der Waals surface area (Å²) in [5.41, 5.74) is 2.40. The second kappa shape index (κ2) is 8.91. The summed E-state index contributed by atoms with van der Waals surface area (Å²) in [4.78, 5) is 18.6. The van der Waals surface area contributed by atoms with Crippen molar-refractivity contribution in [3.63, 3.8) is 0 Å². The number of nitrogens with zero attached hydrogens (tertiary/aromatic N) is 1. The zero-order valence-corrected chi connectivity index (χ0v) is 16.8. The zero-order chi connectivity index (χ0) is 19.2. The summed E-state index contributed by atoms with van der Waals surface area (Å²) in [7, 11) is 0. The Labute approximate surface area is 164 Å². The van der Waals surface area contributed by atoms with E-state index in [-0.39, 0.29) is 5.91 Å². The van der Waals surface area contributed by atoms with E-state index in [0.29, 0.717) is 23.8 Å². The molecule has 1 amide bonds. The molecule has 2 N–H and O–H groups in total. The Balaban J connectivity index is 1.91. The summed E-state index contributed by atoms with van der Waals surface area (Å²) in [6.07, 6.45) is 3.01. The molecule has 140 valence electrons. The Hall–Kier alpha value is -2.53. The number of hydrogen-bond donors (Lipinski definition) is 2. The van der Waals surface area contributed by atoms with Crippen LogP contribution in [0.15, 0.2) is 59.5 Å². The topological polar surface area (TPSA) is 54.0 Å². The van der Waals surface area contributed by atoms with Crippen molar-refractivity contribution in [2.45, 2.75) is 25.2 Å². The van der Waals surface area contributed by atoms with Crippen molar-refractivity contribution in [3.8, 4) is 0 Å². The van der Waals surface area contributed by atoms with E-state index in [0.717, 1.165) is 23.0 Å². The van der Waals surface area contributed by atoms with Crippen molar-refractivity contribution >= 4 is 40.1 Å². The number of anilines is 2. The number of carbonyl (C=O) groups is 1. The van der Waals surface area contributed by atoms with Crippen molar-refractivity contribution in [1.29, 1.82) is 0 Å². The maximum Gasteiger partial charge on any atom is 0.252 e. The molecule has 27 heavy (non-hydrogen) atoms. The van der Waals surface area contributed by atoms with E-state index < -0.39 is 0 Å². The van der Waals surface area contributed by atoms with Gasteiger partial charge in [0.25, 0.3) is 5.91 Å². The third-order valence-corrected chi connectivity index (χ3v) is 5.04. The Morgan fingerprint density at radius 3 is 2.70 bits per heavy atom. The summed E-state index contributed by atoms with van der Waals surface area (Å²) in [6.45, 7) is 4.98. The number of rotatable bonds is 7.